The fraction of sp³-hybridized carbons (Fsp3) is 0.429. The number of nitrogens with zero attached hydrogens (tertiary/aromatic N) is 2. The van der Waals surface area contributed by atoms with Crippen LogP contribution in [0.2, 0.25) is 0 Å². The van der Waals surface area contributed by atoms with Gasteiger partial charge in [0.25, 0.3) is 0 Å². The number of aromatic nitrogens is 1. The van der Waals surface area contributed by atoms with E-state index < -0.39 is 0 Å². The number of aryl methyl sites for hydroxylation is 2. The maximum atomic E-state index is 5.17. The monoisotopic (exact) mass is 498 g/mol. The van der Waals surface area contributed by atoms with Gasteiger partial charge in [0, 0.05) is 18.7 Å². The van der Waals surface area contributed by atoms with Gasteiger partial charge < -0.3 is 15.2 Å². The summed E-state index contributed by atoms with van der Waals surface area (Å²) in [4.78, 5) is 4.59. The van der Waals surface area contributed by atoms with Crippen molar-refractivity contribution in [1.82, 2.24) is 15.8 Å². The zero-order valence-electron chi connectivity index (χ0n) is 12.8. The van der Waals surface area contributed by atoms with Gasteiger partial charge in [-0.3, -0.25) is 0 Å². The lowest BCUT2D eigenvalue weighted by atomic mass is 10.2. The third-order valence-corrected chi connectivity index (χ3v) is 4.55. The van der Waals surface area contributed by atoms with Crippen LogP contribution in [0.25, 0.3) is 0 Å². The lowest BCUT2D eigenvalue weighted by Crippen LogP contribution is -2.37. The smallest absolute Gasteiger partial charge is 0.191 e. The van der Waals surface area contributed by atoms with Crippen molar-refractivity contribution >= 4 is 57.2 Å². The molecule has 8 heteroatoms. The van der Waals surface area contributed by atoms with Crippen LogP contribution in [-0.4, -0.2) is 17.7 Å². The molecule has 2 rings (SSSR count). The predicted octanol–water partition coefficient (Wildman–Crippen LogP) is 3.99. The van der Waals surface area contributed by atoms with Crippen molar-refractivity contribution in [3.05, 3.63) is 37.8 Å². The third kappa shape index (κ3) is 5.54. The predicted molar refractivity (Wildman–Crippen MR) is 105 cm³/mol. The molecule has 0 spiro atoms. The normalized spacial score (nSPS) is 11.2. The fourth-order valence-corrected chi connectivity index (χ4v) is 3.07. The van der Waals surface area contributed by atoms with Gasteiger partial charge in [0.2, 0.25) is 0 Å². The van der Waals surface area contributed by atoms with Gasteiger partial charge in [-0.25, -0.2) is 4.99 Å². The number of halogens is 2. The molecule has 0 saturated carbocycles. The second-order valence-electron chi connectivity index (χ2n) is 4.61. The van der Waals surface area contributed by atoms with Crippen molar-refractivity contribution in [1.29, 1.82) is 0 Å². The van der Waals surface area contributed by atoms with E-state index in [9.17, 15) is 0 Å². The summed E-state index contributed by atoms with van der Waals surface area (Å²) in [6, 6.07) is 2.09. The maximum Gasteiger partial charge on any atom is 0.191 e. The van der Waals surface area contributed by atoms with E-state index in [2.05, 4.69) is 48.2 Å². The number of rotatable bonds is 5. The SMILES string of the molecule is CCNC(=NCc1csc(Br)c1)NCc1c(C)noc1C.I. The zero-order valence-corrected chi connectivity index (χ0v) is 17.5. The Bertz CT molecular complexity index is 607. The molecule has 0 radical (unpaired) electrons. The molecule has 2 N–H and O–H groups in total. The number of hydrogen-bond donors (Lipinski definition) is 2. The molecule has 22 heavy (non-hydrogen) atoms. The number of hydrogen-bond acceptors (Lipinski definition) is 4. The highest BCUT2D eigenvalue weighted by molar-refractivity contribution is 14.0. The Kier molecular flexibility index (Phi) is 8.40. The second kappa shape index (κ2) is 9.51. The quantitative estimate of drug-likeness (QED) is 0.371. The van der Waals surface area contributed by atoms with Crippen LogP contribution in [0.5, 0.6) is 0 Å². The van der Waals surface area contributed by atoms with Gasteiger partial charge in [0.15, 0.2) is 5.96 Å². The molecule has 0 saturated heterocycles. The van der Waals surface area contributed by atoms with Gasteiger partial charge in [-0.15, -0.1) is 35.3 Å². The molecule has 0 aliphatic carbocycles. The lowest BCUT2D eigenvalue weighted by Gasteiger charge is -2.10. The Morgan fingerprint density at radius 3 is 2.73 bits per heavy atom. The van der Waals surface area contributed by atoms with Crippen molar-refractivity contribution < 1.29 is 4.52 Å². The Morgan fingerprint density at radius 2 is 2.18 bits per heavy atom. The summed E-state index contributed by atoms with van der Waals surface area (Å²) in [6.07, 6.45) is 0. The van der Waals surface area contributed by atoms with Gasteiger partial charge in [-0.05, 0) is 53.7 Å². The molecular formula is C14H20BrIN4OS. The summed E-state index contributed by atoms with van der Waals surface area (Å²) in [5.74, 6) is 1.64. The Balaban J connectivity index is 0.00000242. The summed E-state index contributed by atoms with van der Waals surface area (Å²) >= 11 is 5.13. The van der Waals surface area contributed by atoms with Crippen LogP contribution in [0.4, 0.5) is 0 Å². The van der Waals surface area contributed by atoms with Gasteiger partial charge in [0.05, 0.1) is 16.0 Å². The van der Waals surface area contributed by atoms with E-state index in [-0.39, 0.29) is 24.0 Å². The molecule has 2 aromatic rings. The number of guanidine groups is 1. The van der Waals surface area contributed by atoms with E-state index in [0.29, 0.717) is 13.1 Å². The Labute approximate surface area is 160 Å². The maximum absolute atomic E-state index is 5.17. The summed E-state index contributed by atoms with van der Waals surface area (Å²) in [7, 11) is 0. The fourth-order valence-electron chi connectivity index (χ4n) is 1.87. The summed E-state index contributed by atoms with van der Waals surface area (Å²) in [6.45, 7) is 8.04. The number of thiophene rings is 1. The molecule has 2 aromatic heterocycles. The summed E-state index contributed by atoms with van der Waals surface area (Å²) in [5, 5.41) is 12.6. The second-order valence-corrected chi connectivity index (χ2v) is 6.90. The first-order valence-electron chi connectivity index (χ1n) is 6.77. The summed E-state index contributed by atoms with van der Waals surface area (Å²) < 4.78 is 6.29. The minimum atomic E-state index is 0. The highest BCUT2D eigenvalue weighted by Gasteiger charge is 2.09. The van der Waals surface area contributed by atoms with Crippen LogP contribution in [0, 0.1) is 13.8 Å². The highest BCUT2D eigenvalue weighted by Crippen LogP contribution is 2.21. The van der Waals surface area contributed by atoms with Crippen molar-refractivity contribution in [3.8, 4) is 0 Å². The van der Waals surface area contributed by atoms with E-state index in [1.165, 1.54) is 5.56 Å². The van der Waals surface area contributed by atoms with Crippen LogP contribution in [0.1, 0.15) is 29.5 Å². The van der Waals surface area contributed by atoms with Gasteiger partial charge in [-0.2, -0.15) is 0 Å². The van der Waals surface area contributed by atoms with Gasteiger partial charge >= 0.3 is 0 Å². The van der Waals surface area contributed by atoms with Crippen LogP contribution >= 0.6 is 51.2 Å². The van der Waals surface area contributed by atoms with Gasteiger partial charge in [0.1, 0.15) is 5.76 Å². The third-order valence-electron chi connectivity index (χ3n) is 3.00. The first-order valence-corrected chi connectivity index (χ1v) is 8.44. The minimum Gasteiger partial charge on any atom is -0.361 e. The molecule has 5 nitrogen and oxygen atoms in total. The van der Waals surface area contributed by atoms with E-state index >= 15 is 0 Å². The molecule has 0 unspecified atom stereocenters. The molecule has 0 fully saturated rings. The van der Waals surface area contributed by atoms with Crippen LogP contribution in [-0.2, 0) is 13.1 Å². The lowest BCUT2D eigenvalue weighted by molar-refractivity contribution is 0.392. The average Bonchev–Trinajstić information content (AvgIpc) is 3.00. The molecule has 0 aromatic carbocycles. The number of aliphatic imine (C=N–C) groups is 1. The molecule has 0 atom stereocenters. The van der Waals surface area contributed by atoms with Crippen LogP contribution < -0.4 is 10.6 Å². The standard InChI is InChI=1S/C14H19BrN4OS.HI/c1-4-16-14(17-6-11-5-13(15)21-8-11)18-7-12-9(2)19-20-10(12)3;/h5,8H,4,6-7H2,1-3H3,(H2,16,17,18);1H. The van der Waals surface area contributed by atoms with Crippen molar-refractivity contribution in [2.75, 3.05) is 6.54 Å². The summed E-state index contributed by atoms with van der Waals surface area (Å²) in [5.41, 5.74) is 3.19. The Morgan fingerprint density at radius 1 is 1.41 bits per heavy atom. The largest absolute Gasteiger partial charge is 0.361 e. The van der Waals surface area contributed by atoms with Crippen molar-refractivity contribution in [2.24, 2.45) is 4.99 Å². The molecule has 0 aliphatic heterocycles. The van der Waals surface area contributed by atoms with Crippen molar-refractivity contribution in [2.45, 2.75) is 33.9 Å². The Hall–Kier alpha value is -0.610. The molecule has 2 heterocycles. The molecule has 122 valence electrons. The number of nitrogens with one attached hydrogen (secondary N) is 2. The van der Waals surface area contributed by atoms with E-state index in [1.807, 2.05) is 20.8 Å². The van der Waals surface area contributed by atoms with Crippen molar-refractivity contribution in [3.63, 3.8) is 0 Å². The van der Waals surface area contributed by atoms with E-state index in [4.69, 9.17) is 4.52 Å². The highest BCUT2D eigenvalue weighted by atomic mass is 127. The zero-order chi connectivity index (χ0) is 15.2. The van der Waals surface area contributed by atoms with Gasteiger partial charge in [-0.1, -0.05) is 5.16 Å². The van der Waals surface area contributed by atoms with E-state index in [0.717, 1.165) is 33.3 Å². The molecular weight excluding hydrogens is 479 g/mol. The molecule has 0 aliphatic rings. The van der Waals surface area contributed by atoms with E-state index in [1.54, 1.807) is 11.3 Å². The molecule has 0 bridgehead atoms. The average molecular weight is 499 g/mol. The van der Waals surface area contributed by atoms with Crippen LogP contribution in [0.15, 0.2) is 24.7 Å². The molecule has 0 amide bonds. The first-order chi connectivity index (χ1) is 10.1. The minimum absolute atomic E-state index is 0. The first kappa shape index (κ1) is 19.4. The van der Waals surface area contributed by atoms with Crippen LogP contribution in [0.3, 0.4) is 0 Å². The topological polar surface area (TPSA) is 62.5 Å².